The topological polar surface area (TPSA) is 54.6 Å². The largest absolute Gasteiger partial charge is 0.490 e. The molecule has 0 aliphatic rings. The van der Waals surface area contributed by atoms with Gasteiger partial charge in [-0.05, 0) is 44.0 Å². The van der Waals surface area contributed by atoms with Crippen molar-refractivity contribution in [3.8, 4) is 5.75 Å². The molecule has 0 aliphatic heterocycles. The number of aliphatic hydroxyl groups excluding tert-OH is 1. The van der Waals surface area contributed by atoms with Crippen LogP contribution in [-0.4, -0.2) is 11.7 Å². The lowest BCUT2D eigenvalue weighted by molar-refractivity contribution is 0.281. The number of nitrogens with one attached hydrogen (secondary N) is 1. The lowest BCUT2D eigenvalue weighted by Gasteiger charge is -2.19. The molecule has 25 heavy (non-hydrogen) atoms. The highest BCUT2D eigenvalue weighted by Crippen LogP contribution is 2.32. The number of aliphatic hydroxyl groups is 1. The zero-order chi connectivity index (χ0) is 17.8. The lowest BCUT2D eigenvalue weighted by Crippen LogP contribution is -2.22. The molecule has 1 heterocycles. The molecular weight excluding hydrogens is 314 g/mol. The maximum atomic E-state index is 9.31. The summed E-state index contributed by atoms with van der Waals surface area (Å²) in [5.74, 6) is 1.66. The molecule has 132 valence electrons. The number of ether oxygens (including phenoxy) is 1. The fraction of sp³-hybridized carbons (Fsp3) is 0.333. The smallest absolute Gasteiger partial charge is 0.176 e. The molecule has 1 aromatic heterocycles. The van der Waals surface area contributed by atoms with Crippen LogP contribution in [-0.2, 0) is 6.61 Å². The number of para-hydroxylation sites is 1. The van der Waals surface area contributed by atoms with Crippen LogP contribution < -0.4 is 10.1 Å². The van der Waals surface area contributed by atoms with Crippen molar-refractivity contribution in [2.75, 3.05) is 6.61 Å². The molecule has 0 bridgehead atoms. The van der Waals surface area contributed by atoms with E-state index in [1.165, 1.54) is 0 Å². The van der Waals surface area contributed by atoms with E-state index in [0.29, 0.717) is 6.61 Å². The van der Waals surface area contributed by atoms with E-state index < -0.39 is 0 Å². The van der Waals surface area contributed by atoms with E-state index in [2.05, 4.69) is 31.3 Å². The van der Waals surface area contributed by atoms with Crippen LogP contribution in [0.4, 0.5) is 0 Å². The van der Waals surface area contributed by atoms with Crippen LogP contribution in [0.3, 0.4) is 0 Å². The Bertz CT molecular complexity index is 840. The number of hydrogen-bond acceptors (Lipinski definition) is 4. The van der Waals surface area contributed by atoms with Gasteiger partial charge in [-0.1, -0.05) is 36.4 Å². The van der Waals surface area contributed by atoms with Crippen molar-refractivity contribution in [1.82, 2.24) is 5.32 Å². The first kappa shape index (κ1) is 17.5. The van der Waals surface area contributed by atoms with Gasteiger partial charge in [-0.15, -0.1) is 0 Å². The number of benzene rings is 2. The Kier molecular flexibility index (Phi) is 5.41. The molecule has 2 unspecified atom stereocenters. The Hall–Kier alpha value is -2.30. The summed E-state index contributed by atoms with van der Waals surface area (Å²) in [7, 11) is 0. The van der Waals surface area contributed by atoms with Gasteiger partial charge < -0.3 is 19.6 Å². The van der Waals surface area contributed by atoms with E-state index in [1.54, 1.807) is 0 Å². The third-order valence-corrected chi connectivity index (χ3v) is 4.39. The van der Waals surface area contributed by atoms with Gasteiger partial charge >= 0.3 is 0 Å². The Balaban J connectivity index is 1.79. The third-order valence-electron chi connectivity index (χ3n) is 4.39. The van der Waals surface area contributed by atoms with Gasteiger partial charge in [0.2, 0.25) is 0 Å². The summed E-state index contributed by atoms with van der Waals surface area (Å²) in [6.07, 6.45) is 0. The van der Waals surface area contributed by atoms with Crippen molar-refractivity contribution in [1.29, 1.82) is 0 Å². The second-order valence-corrected chi connectivity index (χ2v) is 6.27. The second kappa shape index (κ2) is 7.72. The lowest BCUT2D eigenvalue weighted by atomic mass is 10.0. The molecule has 4 heteroatoms. The van der Waals surface area contributed by atoms with Crippen molar-refractivity contribution in [2.24, 2.45) is 0 Å². The monoisotopic (exact) mass is 339 g/mol. The van der Waals surface area contributed by atoms with Crippen molar-refractivity contribution in [3.05, 3.63) is 65.4 Å². The number of furan rings is 1. The summed E-state index contributed by atoms with van der Waals surface area (Å²) in [5, 5.41) is 13.9. The van der Waals surface area contributed by atoms with Gasteiger partial charge in [-0.25, -0.2) is 0 Å². The van der Waals surface area contributed by atoms with Crippen molar-refractivity contribution in [3.63, 3.8) is 0 Å². The highest BCUT2D eigenvalue weighted by molar-refractivity contribution is 5.83. The van der Waals surface area contributed by atoms with E-state index in [9.17, 15) is 5.11 Å². The summed E-state index contributed by atoms with van der Waals surface area (Å²) in [4.78, 5) is 0. The summed E-state index contributed by atoms with van der Waals surface area (Å²) in [5.41, 5.74) is 2.86. The fourth-order valence-electron chi connectivity index (χ4n) is 3.05. The maximum absolute atomic E-state index is 9.31. The van der Waals surface area contributed by atoms with Gasteiger partial charge in [0.15, 0.2) is 11.3 Å². The first-order valence-electron chi connectivity index (χ1n) is 8.73. The summed E-state index contributed by atoms with van der Waals surface area (Å²) in [6, 6.07) is 16.2. The minimum atomic E-state index is 0.0506. The van der Waals surface area contributed by atoms with E-state index in [0.717, 1.165) is 33.6 Å². The third kappa shape index (κ3) is 3.86. The molecule has 3 rings (SSSR count). The van der Waals surface area contributed by atoms with Crippen molar-refractivity contribution >= 4 is 11.0 Å². The molecule has 2 aromatic carbocycles. The molecule has 3 aromatic rings. The first-order valence-corrected chi connectivity index (χ1v) is 8.73. The van der Waals surface area contributed by atoms with Gasteiger partial charge in [-0.3, -0.25) is 0 Å². The predicted octanol–water partition coefficient (Wildman–Crippen LogP) is 4.74. The van der Waals surface area contributed by atoms with Crippen LogP contribution in [0.5, 0.6) is 5.75 Å². The molecule has 0 aliphatic carbocycles. The summed E-state index contributed by atoms with van der Waals surface area (Å²) < 4.78 is 11.7. The molecule has 4 nitrogen and oxygen atoms in total. The zero-order valence-electron chi connectivity index (χ0n) is 15.0. The average molecular weight is 339 g/mol. The molecule has 0 saturated carbocycles. The molecule has 0 fully saturated rings. The van der Waals surface area contributed by atoms with E-state index in [4.69, 9.17) is 9.15 Å². The molecule has 2 atom stereocenters. The SMILES string of the molecule is CCOc1cccc2cc(C(C)NC(C)c3cccc(CO)c3)oc12. The van der Waals surface area contributed by atoms with Gasteiger partial charge in [0, 0.05) is 11.4 Å². The standard InChI is InChI=1S/C21H25NO3/c1-4-24-19-10-6-9-18-12-20(25-21(18)19)15(3)22-14(2)17-8-5-7-16(11-17)13-23/h5-12,14-15,22-23H,4,13H2,1-3H3. The van der Waals surface area contributed by atoms with Crippen LogP contribution >= 0.6 is 0 Å². The highest BCUT2D eigenvalue weighted by atomic mass is 16.5. The maximum Gasteiger partial charge on any atom is 0.176 e. The number of rotatable bonds is 7. The number of hydrogen-bond donors (Lipinski definition) is 2. The Morgan fingerprint density at radius 2 is 1.88 bits per heavy atom. The van der Waals surface area contributed by atoms with Gasteiger partial charge in [-0.2, -0.15) is 0 Å². The predicted molar refractivity (Wildman–Crippen MR) is 99.7 cm³/mol. The fourth-order valence-corrected chi connectivity index (χ4v) is 3.05. The van der Waals surface area contributed by atoms with Crippen LogP contribution in [0.1, 0.15) is 49.7 Å². The van der Waals surface area contributed by atoms with Crippen molar-refractivity contribution in [2.45, 2.75) is 39.5 Å². The molecule has 2 N–H and O–H groups in total. The van der Waals surface area contributed by atoms with Crippen LogP contribution in [0, 0.1) is 0 Å². The van der Waals surface area contributed by atoms with Crippen molar-refractivity contribution < 1.29 is 14.3 Å². The van der Waals surface area contributed by atoms with Gasteiger partial charge in [0.25, 0.3) is 0 Å². The van der Waals surface area contributed by atoms with Gasteiger partial charge in [0.1, 0.15) is 5.76 Å². The van der Waals surface area contributed by atoms with Crippen LogP contribution in [0.15, 0.2) is 52.9 Å². The van der Waals surface area contributed by atoms with Gasteiger partial charge in [0.05, 0.1) is 19.3 Å². The average Bonchev–Trinajstić information content (AvgIpc) is 3.07. The van der Waals surface area contributed by atoms with E-state index in [1.807, 2.05) is 43.3 Å². The number of fused-ring (bicyclic) bond motifs is 1. The molecule has 0 saturated heterocycles. The normalized spacial score (nSPS) is 13.8. The van der Waals surface area contributed by atoms with Crippen LogP contribution in [0.2, 0.25) is 0 Å². The first-order chi connectivity index (χ1) is 12.1. The zero-order valence-corrected chi connectivity index (χ0v) is 15.0. The Morgan fingerprint density at radius 3 is 2.64 bits per heavy atom. The molecular formula is C21H25NO3. The van der Waals surface area contributed by atoms with E-state index in [-0.39, 0.29) is 18.7 Å². The second-order valence-electron chi connectivity index (χ2n) is 6.27. The van der Waals surface area contributed by atoms with Crippen LogP contribution in [0.25, 0.3) is 11.0 Å². The summed E-state index contributed by atoms with van der Waals surface area (Å²) in [6.45, 7) is 6.84. The Labute approximate surface area is 148 Å². The minimum absolute atomic E-state index is 0.0506. The van der Waals surface area contributed by atoms with E-state index >= 15 is 0 Å². The molecule has 0 spiro atoms. The Morgan fingerprint density at radius 1 is 1.08 bits per heavy atom. The highest BCUT2D eigenvalue weighted by Gasteiger charge is 2.17. The molecule has 0 radical (unpaired) electrons. The quantitative estimate of drug-likeness (QED) is 0.653. The summed E-state index contributed by atoms with van der Waals surface area (Å²) >= 11 is 0. The molecule has 0 amide bonds. The minimum Gasteiger partial charge on any atom is -0.490 e.